The maximum absolute atomic E-state index is 13.1. The van der Waals surface area contributed by atoms with Crippen molar-refractivity contribution in [1.82, 2.24) is 25.3 Å². The normalized spacial score (nSPS) is 17.4. The largest absolute Gasteiger partial charge is 0.483 e. The molecule has 1 saturated heterocycles. The number of anilines is 3. The van der Waals surface area contributed by atoms with Crippen molar-refractivity contribution in [2.45, 2.75) is 26.3 Å². The predicted molar refractivity (Wildman–Crippen MR) is 126 cm³/mol. The Balaban J connectivity index is 0.000000821. The van der Waals surface area contributed by atoms with E-state index in [9.17, 15) is 4.79 Å². The third-order valence-corrected chi connectivity index (χ3v) is 5.87. The van der Waals surface area contributed by atoms with E-state index in [4.69, 9.17) is 9.90 Å². The van der Waals surface area contributed by atoms with Gasteiger partial charge in [-0.2, -0.15) is 15.0 Å². The van der Waals surface area contributed by atoms with E-state index in [1.165, 1.54) is 10.5 Å². The van der Waals surface area contributed by atoms with Gasteiger partial charge in [0.2, 0.25) is 0 Å². The van der Waals surface area contributed by atoms with E-state index in [-0.39, 0.29) is 12.5 Å². The van der Waals surface area contributed by atoms with Crippen molar-refractivity contribution < 1.29 is 14.7 Å². The van der Waals surface area contributed by atoms with Gasteiger partial charge >= 0.3 is 6.03 Å². The minimum atomic E-state index is -0.250. The molecule has 5 rings (SSSR count). The van der Waals surface area contributed by atoms with Crippen molar-refractivity contribution >= 4 is 40.7 Å². The monoisotopic (exact) mass is 452 g/mol. The molecular weight excluding hydrogens is 424 g/mol. The number of hydrogen-bond donors (Lipinski definition) is 3. The van der Waals surface area contributed by atoms with Crippen LogP contribution in [0.2, 0.25) is 0 Å². The molecule has 0 saturated carbocycles. The summed E-state index contributed by atoms with van der Waals surface area (Å²) in [6.07, 6.45) is 2.62. The number of pyridine rings is 1. The van der Waals surface area contributed by atoms with Crippen LogP contribution in [0, 0.1) is 6.92 Å². The molecule has 1 fully saturated rings. The number of aromatic nitrogens is 4. The average Bonchev–Trinajstić information content (AvgIpc) is 3.37. The van der Waals surface area contributed by atoms with Gasteiger partial charge in [0.1, 0.15) is 16.9 Å². The number of amides is 2. The highest BCUT2D eigenvalue weighted by Gasteiger charge is 2.30. The summed E-state index contributed by atoms with van der Waals surface area (Å²) in [7, 11) is 1.79. The molecule has 11 heteroatoms. The Morgan fingerprint density at radius 1 is 1.27 bits per heavy atom. The number of nitrogens with one attached hydrogen (secondary N) is 2. The maximum atomic E-state index is 13.1. The van der Waals surface area contributed by atoms with Crippen molar-refractivity contribution in [3.05, 3.63) is 35.5 Å². The fourth-order valence-corrected chi connectivity index (χ4v) is 4.41. The molecule has 3 aromatic rings. The van der Waals surface area contributed by atoms with Crippen molar-refractivity contribution in [3.8, 4) is 0 Å². The zero-order valence-electron chi connectivity index (χ0n) is 18.9. The summed E-state index contributed by atoms with van der Waals surface area (Å²) in [6.45, 7) is 7.42. The lowest BCUT2D eigenvalue weighted by atomic mass is 10.1. The minimum Gasteiger partial charge on any atom is -0.483 e. The van der Waals surface area contributed by atoms with Crippen LogP contribution in [0.15, 0.2) is 24.4 Å². The van der Waals surface area contributed by atoms with Gasteiger partial charge in [-0.25, -0.2) is 9.78 Å². The summed E-state index contributed by atoms with van der Waals surface area (Å²) in [4.78, 5) is 31.7. The van der Waals surface area contributed by atoms with Gasteiger partial charge in [0.15, 0.2) is 0 Å². The fraction of sp³-hybridized carbons (Fsp3) is 0.409. The van der Waals surface area contributed by atoms with Crippen LogP contribution in [-0.4, -0.2) is 69.8 Å². The summed E-state index contributed by atoms with van der Waals surface area (Å²) in [5, 5.41) is 22.1. The molecule has 3 N–H and O–H groups in total. The smallest absolute Gasteiger partial charge is 0.327 e. The first-order chi connectivity index (χ1) is 15.9. The Morgan fingerprint density at radius 3 is 2.73 bits per heavy atom. The number of fused-ring (bicyclic) bond motifs is 2. The highest BCUT2D eigenvalue weighted by Crippen LogP contribution is 2.34. The first-order valence-electron chi connectivity index (χ1n) is 10.9. The highest BCUT2D eigenvalue weighted by atomic mass is 16.3. The van der Waals surface area contributed by atoms with Crippen molar-refractivity contribution in [2.75, 3.05) is 41.3 Å². The molecule has 0 bridgehead atoms. The quantitative estimate of drug-likeness (QED) is 0.502. The van der Waals surface area contributed by atoms with Crippen LogP contribution in [0.3, 0.4) is 0 Å². The number of aryl methyl sites for hydroxylation is 2. The second-order valence-corrected chi connectivity index (χ2v) is 8.22. The molecule has 2 amide bonds. The van der Waals surface area contributed by atoms with Gasteiger partial charge in [-0.15, -0.1) is 0 Å². The Hall–Kier alpha value is -3.73. The SMILES string of the molecule is Cc1cc2nn(C)nc2cc1NC(=O)N1CCc2c(N3CCN[C@@H](C)C3)ccnc21.O=CO. The van der Waals surface area contributed by atoms with Gasteiger partial charge in [0.25, 0.3) is 6.47 Å². The van der Waals surface area contributed by atoms with Crippen LogP contribution >= 0.6 is 0 Å². The number of piperazine rings is 1. The molecule has 33 heavy (non-hydrogen) atoms. The molecule has 2 aliphatic heterocycles. The van der Waals surface area contributed by atoms with Crippen LogP contribution < -0.4 is 20.4 Å². The van der Waals surface area contributed by atoms with Crippen LogP contribution in [0.5, 0.6) is 0 Å². The van der Waals surface area contributed by atoms with Crippen LogP contribution in [0.1, 0.15) is 18.1 Å². The summed E-state index contributed by atoms with van der Waals surface area (Å²) < 4.78 is 0. The number of carboxylic acid groups (broad SMARTS) is 1. The summed E-state index contributed by atoms with van der Waals surface area (Å²) in [5.41, 5.74) is 5.62. The Kier molecular flexibility index (Phi) is 6.40. The molecule has 0 spiro atoms. The number of carbonyl (C=O) groups is 2. The van der Waals surface area contributed by atoms with E-state index >= 15 is 0 Å². The van der Waals surface area contributed by atoms with Gasteiger partial charge < -0.3 is 20.6 Å². The first kappa shape index (κ1) is 22.5. The van der Waals surface area contributed by atoms with Crippen LogP contribution in [-0.2, 0) is 18.3 Å². The van der Waals surface area contributed by atoms with E-state index in [2.05, 4.69) is 43.7 Å². The Labute approximate surface area is 191 Å². The van der Waals surface area contributed by atoms with Crippen molar-refractivity contribution in [2.24, 2.45) is 7.05 Å². The van der Waals surface area contributed by atoms with E-state index < -0.39 is 0 Å². The Bertz CT molecular complexity index is 1180. The predicted octanol–water partition coefficient (Wildman–Crippen LogP) is 1.77. The number of nitrogens with zero attached hydrogens (tertiary/aromatic N) is 6. The molecule has 0 aliphatic carbocycles. The van der Waals surface area contributed by atoms with Crippen LogP contribution in [0.25, 0.3) is 11.0 Å². The third-order valence-electron chi connectivity index (χ3n) is 5.87. The van der Waals surface area contributed by atoms with Gasteiger partial charge in [-0.1, -0.05) is 0 Å². The second-order valence-electron chi connectivity index (χ2n) is 8.22. The van der Waals surface area contributed by atoms with E-state index in [0.29, 0.717) is 12.6 Å². The lowest BCUT2D eigenvalue weighted by molar-refractivity contribution is -0.122. The summed E-state index contributed by atoms with van der Waals surface area (Å²) in [5.74, 6) is 0.759. The standard InChI is InChI=1S/C21H26N8O.CH2O2/c1-13-10-17-18(26-27(3)25-17)11-16(13)24-21(30)29-8-5-15-19(4-6-23-20(15)29)28-9-7-22-14(2)12-28;2-1-3/h4,6,10-11,14,22H,5,7-9,12H2,1-3H3,(H,24,30);1H,(H,2,3)/t14-;/m0./s1. The number of hydrogen-bond acceptors (Lipinski definition) is 7. The topological polar surface area (TPSA) is 129 Å². The lowest BCUT2D eigenvalue weighted by Gasteiger charge is -2.34. The molecule has 2 aliphatic rings. The van der Waals surface area contributed by atoms with Gasteiger partial charge in [-0.05, 0) is 44.0 Å². The first-order valence-corrected chi connectivity index (χ1v) is 10.9. The molecule has 1 atom stereocenters. The van der Waals surface area contributed by atoms with E-state index in [1.54, 1.807) is 11.9 Å². The molecule has 1 aromatic carbocycles. The molecular formula is C22H28N8O3. The summed E-state index contributed by atoms with van der Waals surface area (Å²) >= 11 is 0. The molecule has 0 radical (unpaired) electrons. The second kappa shape index (κ2) is 9.41. The lowest BCUT2D eigenvalue weighted by Crippen LogP contribution is -2.49. The van der Waals surface area contributed by atoms with Gasteiger partial charge in [-0.3, -0.25) is 9.69 Å². The molecule has 0 unspecified atom stereocenters. The Morgan fingerprint density at radius 2 is 2.00 bits per heavy atom. The van der Waals surface area contributed by atoms with Gasteiger partial charge in [0.05, 0.1) is 0 Å². The van der Waals surface area contributed by atoms with E-state index in [0.717, 1.165) is 59.7 Å². The summed E-state index contributed by atoms with van der Waals surface area (Å²) in [6, 6.07) is 6.17. The minimum absolute atomic E-state index is 0.168. The zero-order valence-corrected chi connectivity index (χ0v) is 18.9. The number of carbonyl (C=O) groups excluding carboxylic acids is 1. The van der Waals surface area contributed by atoms with E-state index in [1.807, 2.05) is 25.3 Å². The molecule has 174 valence electrons. The third kappa shape index (κ3) is 4.58. The van der Waals surface area contributed by atoms with Crippen LogP contribution in [0.4, 0.5) is 22.0 Å². The average molecular weight is 453 g/mol. The van der Waals surface area contributed by atoms with Crippen molar-refractivity contribution in [3.63, 3.8) is 0 Å². The zero-order chi connectivity index (χ0) is 23.5. The number of rotatable bonds is 2. The molecule has 11 nitrogen and oxygen atoms in total. The molecule has 4 heterocycles. The number of benzene rings is 1. The van der Waals surface area contributed by atoms with Gasteiger partial charge in [0, 0.05) is 62.4 Å². The molecule has 2 aromatic heterocycles. The number of urea groups is 1. The highest BCUT2D eigenvalue weighted by molar-refractivity contribution is 6.04. The fourth-order valence-electron chi connectivity index (χ4n) is 4.41. The maximum Gasteiger partial charge on any atom is 0.327 e. The van der Waals surface area contributed by atoms with Crippen molar-refractivity contribution in [1.29, 1.82) is 0 Å².